The third-order valence-electron chi connectivity index (χ3n) is 3.21. The second-order valence-electron chi connectivity index (χ2n) is 4.49. The van der Waals surface area contributed by atoms with Crippen LogP contribution in [0.15, 0.2) is 0 Å². The summed E-state index contributed by atoms with van der Waals surface area (Å²) in [5.41, 5.74) is 0.986. The van der Waals surface area contributed by atoms with Crippen molar-refractivity contribution >= 4 is 18.1 Å². The lowest BCUT2D eigenvalue weighted by Crippen LogP contribution is -2.30. The van der Waals surface area contributed by atoms with Gasteiger partial charge in [0.2, 0.25) is 0 Å². The molecule has 1 nitrogen and oxygen atoms in total. The fourth-order valence-corrected chi connectivity index (χ4v) is 9.10. The van der Waals surface area contributed by atoms with Crippen LogP contribution in [0.25, 0.3) is 0 Å². The summed E-state index contributed by atoms with van der Waals surface area (Å²) in [6.45, 7) is 7.12. The summed E-state index contributed by atoms with van der Waals surface area (Å²) in [6.07, 6.45) is 7.15. The Morgan fingerprint density at radius 3 is 2.77 bits per heavy atom. The minimum Gasteiger partial charge on any atom is -0.460 e. The van der Waals surface area contributed by atoms with Crippen molar-refractivity contribution in [1.82, 2.24) is 0 Å². The standard InChI is InChI=1S/C10H24OSi2/c1-4-7-10-8-5-6-9-12(2)11-13(10)3/h10,12-13H,4-9H2,1-3H3. The van der Waals surface area contributed by atoms with Gasteiger partial charge < -0.3 is 4.12 Å². The molecule has 1 rings (SSSR count). The van der Waals surface area contributed by atoms with Gasteiger partial charge in [0.25, 0.3) is 0 Å². The molecule has 0 aromatic heterocycles. The molecule has 3 heteroatoms. The van der Waals surface area contributed by atoms with E-state index in [9.17, 15) is 0 Å². The number of hydrogen-bond acceptors (Lipinski definition) is 1. The van der Waals surface area contributed by atoms with Crippen molar-refractivity contribution in [3.63, 3.8) is 0 Å². The summed E-state index contributed by atoms with van der Waals surface area (Å²) in [5, 5.41) is 0. The maximum atomic E-state index is 6.23. The highest BCUT2D eigenvalue weighted by Crippen LogP contribution is 2.28. The molecule has 1 heterocycles. The third-order valence-corrected chi connectivity index (χ3v) is 10.00. The Bertz CT molecular complexity index is 141. The van der Waals surface area contributed by atoms with E-state index in [2.05, 4.69) is 20.0 Å². The molecule has 0 aromatic carbocycles. The zero-order valence-electron chi connectivity index (χ0n) is 9.38. The van der Waals surface area contributed by atoms with E-state index in [1.165, 1.54) is 38.1 Å². The van der Waals surface area contributed by atoms with Gasteiger partial charge in [-0.15, -0.1) is 0 Å². The van der Waals surface area contributed by atoms with E-state index in [-0.39, 0.29) is 0 Å². The third kappa shape index (κ3) is 3.96. The molecule has 78 valence electrons. The zero-order valence-corrected chi connectivity index (χ0v) is 11.7. The Labute approximate surface area is 86.3 Å². The topological polar surface area (TPSA) is 9.23 Å². The normalized spacial score (nSPS) is 36.7. The average molecular weight is 216 g/mol. The van der Waals surface area contributed by atoms with Crippen molar-refractivity contribution in [2.24, 2.45) is 0 Å². The van der Waals surface area contributed by atoms with Crippen molar-refractivity contribution in [1.29, 1.82) is 0 Å². The van der Waals surface area contributed by atoms with Crippen molar-refractivity contribution in [3.8, 4) is 0 Å². The van der Waals surface area contributed by atoms with Crippen LogP contribution in [-0.2, 0) is 4.12 Å². The Hall–Kier alpha value is 0.394. The van der Waals surface area contributed by atoms with Crippen LogP contribution in [0.3, 0.4) is 0 Å². The molecule has 0 aliphatic carbocycles. The SMILES string of the molecule is CCCC1CCCC[SiH](C)O[SiH]1C. The Morgan fingerprint density at radius 1 is 1.31 bits per heavy atom. The van der Waals surface area contributed by atoms with Gasteiger partial charge in [0.1, 0.15) is 0 Å². The first-order valence-electron chi connectivity index (χ1n) is 5.89. The molecule has 3 atom stereocenters. The molecule has 1 saturated heterocycles. The summed E-state index contributed by atoms with van der Waals surface area (Å²) in [4.78, 5) is 0. The van der Waals surface area contributed by atoms with Crippen molar-refractivity contribution in [2.45, 2.75) is 63.7 Å². The van der Waals surface area contributed by atoms with E-state index >= 15 is 0 Å². The number of rotatable bonds is 2. The van der Waals surface area contributed by atoms with Gasteiger partial charge in [0.15, 0.2) is 18.1 Å². The molecule has 0 bridgehead atoms. The van der Waals surface area contributed by atoms with E-state index in [1.807, 2.05) is 0 Å². The van der Waals surface area contributed by atoms with Crippen LogP contribution in [0.5, 0.6) is 0 Å². The quantitative estimate of drug-likeness (QED) is 0.645. The lowest BCUT2D eigenvalue weighted by molar-refractivity contribution is 0.497. The highest BCUT2D eigenvalue weighted by molar-refractivity contribution is 6.65. The van der Waals surface area contributed by atoms with Crippen LogP contribution in [0, 0.1) is 0 Å². The Kier molecular flexibility index (Phi) is 5.28. The van der Waals surface area contributed by atoms with Gasteiger partial charge in [-0.25, -0.2) is 0 Å². The first-order chi connectivity index (χ1) is 6.24. The molecule has 0 amide bonds. The fraction of sp³-hybridized carbons (Fsp3) is 1.00. The van der Waals surface area contributed by atoms with Crippen LogP contribution in [0.2, 0.25) is 24.7 Å². The molecule has 0 saturated carbocycles. The average Bonchev–Trinajstić information content (AvgIpc) is 2.08. The highest BCUT2D eigenvalue weighted by Gasteiger charge is 2.23. The van der Waals surface area contributed by atoms with E-state index in [4.69, 9.17) is 4.12 Å². The first-order valence-corrected chi connectivity index (χ1v) is 10.6. The lowest BCUT2D eigenvalue weighted by Gasteiger charge is -2.28. The lowest BCUT2D eigenvalue weighted by atomic mass is 10.1. The molecule has 1 aliphatic rings. The molecule has 1 fully saturated rings. The molecular formula is C10H24OSi2. The minimum absolute atomic E-state index is 0.728. The van der Waals surface area contributed by atoms with Gasteiger partial charge in [-0.05, 0) is 24.7 Å². The zero-order chi connectivity index (χ0) is 9.68. The summed E-state index contributed by atoms with van der Waals surface area (Å²) >= 11 is 0. The summed E-state index contributed by atoms with van der Waals surface area (Å²) in [5.74, 6) is 0. The molecular weight excluding hydrogens is 192 g/mol. The molecule has 13 heavy (non-hydrogen) atoms. The van der Waals surface area contributed by atoms with Gasteiger partial charge >= 0.3 is 0 Å². The second kappa shape index (κ2) is 5.99. The van der Waals surface area contributed by atoms with Gasteiger partial charge in [-0.1, -0.05) is 39.0 Å². The molecule has 1 aliphatic heterocycles. The van der Waals surface area contributed by atoms with Crippen molar-refractivity contribution in [3.05, 3.63) is 0 Å². The Balaban J connectivity index is 2.41. The van der Waals surface area contributed by atoms with Crippen LogP contribution < -0.4 is 0 Å². The van der Waals surface area contributed by atoms with E-state index in [0.29, 0.717) is 0 Å². The molecule has 0 radical (unpaired) electrons. The predicted octanol–water partition coefficient (Wildman–Crippen LogP) is 3.06. The largest absolute Gasteiger partial charge is 0.460 e. The summed E-state index contributed by atoms with van der Waals surface area (Å²) in [7, 11) is -1.53. The summed E-state index contributed by atoms with van der Waals surface area (Å²) < 4.78 is 6.23. The van der Waals surface area contributed by atoms with Gasteiger partial charge in [-0.3, -0.25) is 0 Å². The van der Waals surface area contributed by atoms with Gasteiger partial charge in [0, 0.05) is 0 Å². The predicted molar refractivity (Wildman–Crippen MR) is 64.4 cm³/mol. The second-order valence-corrected chi connectivity index (χ2v) is 10.1. The number of hydrogen-bond donors (Lipinski definition) is 0. The molecule has 3 unspecified atom stereocenters. The maximum absolute atomic E-state index is 6.23. The van der Waals surface area contributed by atoms with E-state index < -0.39 is 18.1 Å². The monoisotopic (exact) mass is 216 g/mol. The molecule has 0 N–H and O–H groups in total. The van der Waals surface area contributed by atoms with Gasteiger partial charge in [-0.2, -0.15) is 0 Å². The molecule has 0 spiro atoms. The van der Waals surface area contributed by atoms with Gasteiger partial charge in [0.05, 0.1) is 0 Å². The van der Waals surface area contributed by atoms with Crippen molar-refractivity contribution in [2.75, 3.05) is 0 Å². The Morgan fingerprint density at radius 2 is 2.08 bits per heavy atom. The maximum Gasteiger partial charge on any atom is 0.162 e. The van der Waals surface area contributed by atoms with E-state index in [1.54, 1.807) is 0 Å². The highest BCUT2D eigenvalue weighted by atomic mass is 28.4. The first kappa shape index (κ1) is 11.5. The summed E-state index contributed by atoms with van der Waals surface area (Å²) in [6, 6.07) is 1.43. The van der Waals surface area contributed by atoms with Crippen LogP contribution in [0.4, 0.5) is 0 Å². The van der Waals surface area contributed by atoms with Crippen molar-refractivity contribution < 1.29 is 4.12 Å². The fourth-order valence-electron chi connectivity index (χ4n) is 2.37. The smallest absolute Gasteiger partial charge is 0.162 e. The van der Waals surface area contributed by atoms with E-state index in [0.717, 1.165) is 5.54 Å². The van der Waals surface area contributed by atoms with Crippen LogP contribution in [-0.4, -0.2) is 18.1 Å². The molecule has 0 aromatic rings. The van der Waals surface area contributed by atoms with Crippen LogP contribution in [0.1, 0.15) is 39.0 Å². The minimum atomic E-state index is -0.797. The van der Waals surface area contributed by atoms with Crippen LogP contribution >= 0.6 is 0 Å².